The summed E-state index contributed by atoms with van der Waals surface area (Å²) in [4.78, 5) is 0. The molecule has 4 unspecified atom stereocenters. The molecule has 4 atom stereocenters. The monoisotopic (exact) mass is 208 g/mol. The molecule has 88 valence electrons. The van der Waals surface area contributed by atoms with Crippen LogP contribution in [0.15, 0.2) is 0 Å². The van der Waals surface area contributed by atoms with E-state index in [9.17, 15) is 0 Å². The zero-order valence-electron chi connectivity index (χ0n) is 10.7. The van der Waals surface area contributed by atoms with E-state index in [2.05, 4.69) is 13.8 Å². The lowest BCUT2D eigenvalue weighted by atomic mass is 9.67. The molecule has 0 aromatic rings. The summed E-state index contributed by atoms with van der Waals surface area (Å²) in [7, 11) is 0. The van der Waals surface area contributed by atoms with Crippen molar-refractivity contribution in [1.82, 2.24) is 0 Å². The molecule has 0 radical (unpaired) electrons. The summed E-state index contributed by atoms with van der Waals surface area (Å²) in [5, 5.41) is 0. The van der Waals surface area contributed by atoms with Crippen LogP contribution in [-0.2, 0) is 0 Å². The molecule has 0 nitrogen and oxygen atoms in total. The zero-order chi connectivity index (χ0) is 10.7. The molecule has 2 aliphatic rings. The largest absolute Gasteiger partial charge is 0.0654 e. The maximum Gasteiger partial charge on any atom is -0.0357 e. The molecule has 0 bridgehead atoms. The molecular weight excluding hydrogens is 180 g/mol. The Morgan fingerprint density at radius 2 is 1.80 bits per heavy atom. The first-order chi connectivity index (χ1) is 7.31. The Balaban J connectivity index is 1.95. The van der Waals surface area contributed by atoms with Gasteiger partial charge in [-0.05, 0) is 36.5 Å². The van der Waals surface area contributed by atoms with E-state index < -0.39 is 0 Å². The van der Waals surface area contributed by atoms with Gasteiger partial charge in [0, 0.05) is 0 Å². The van der Waals surface area contributed by atoms with Gasteiger partial charge in [0.05, 0.1) is 0 Å². The fourth-order valence-corrected chi connectivity index (χ4v) is 4.17. The molecule has 0 amide bonds. The molecule has 0 spiro atoms. The summed E-state index contributed by atoms with van der Waals surface area (Å²) in [5.41, 5.74) is 0. The maximum absolute atomic E-state index is 2.53. The Labute approximate surface area is 95.8 Å². The van der Waals surface area contributed by atoms with Gasteiger partial charge >= 0.3 is 0 Å². The van der Waals surface area contributed by atoms with Crippen LogP contribution in [0.25, 0.3) is 0 Å². The Hall–Kier alpha value is 0. The lowest BCUT2D eigenvalue weighted by molar-refractivity contribution is 0.125. The van der Waals surface area contributed by atoms with E-state index in [0.717, 1.165) is 23.7 Å². The molecule has 0 heterocycles. The van der Waals surface area contributed by atoms with E-state index in [1.807, 2.05) is 0 Å². The highest BCUT2D eigenvalue weighted by atomic mass is 14.4. The molecule has 2 aliphatic carbocycles. The van der Waals surface area contributed by atoms with Gasteiger partial charge in [0.25, 0.3) is 0 Å². The SMILES string of the molecule is CCCC1CCC2CCCCC(C)C2C1. The summed E-state index contributed by atoms with van der Waals surface area (Å²) in [6.07, 6.45) is 13.7. The van der Waals surface area contributed by atoms with E-state index in [0.29, 0.717) is 0 Å². The normalized spacial score (nSPS) is 42.0. The summed E-state index contributed by atoms with van der Waals surface area (Å²) in [6, 6.07) is 0. The Kier molecular flexibility index (Phi) is 4.11. The Morgan fingerprint density at radius 1 is 1.00 bits per heavy atom. The van der Waals surface area contributed by atoms with E-state index in [-0.39, 0.29) is 0 Å². The summed E-state index contributed by atoms with van der Waals surface area (Å²) in [6.45, 7) is 4.87. The van der Waals surface area contributed by atoms with E-state index >= 15 is 0 Å². The smallest absolute Gasteiger partial charge is 0.0357 e. The van der Waals surface area contributed by atoms with Crippen LogP contribution in [0.5, 0.6) is 0 Å². The van der Waals surface area contributed by atoms with E-state index in [1.54, 1.807) is 25.7 Å². The van der Waals surface area contributed by atoms with Gasteiger partial charge in [-0.2, -0.15) is 0 Å². The van der Waals surface area contributed by atoms with E-state index in [4.69, 9.17) is 0 Å². The first-order valence-electron chi connectivity index (χ1n) is 7.31. The Morgan fingerprint density at radius 3 is 2.60 bits per heavy atom. The second kappa shape index (κ2) is 5.37. The highest BCUT2D eigenvalue weighted by Gasteiger charge is 2.34. The van der Waals surface area contributed by atoms with Crippen LogP contribution in [-0.4, -0.2) is 0 Å². The van der Waals surface area contributed by atoms with Crippen LogP contribution in [0, 0.1) is 23.7 Å². The number of hydrogen-bond donors (Lipinski definition) is 0. The second-order valence-corrected chi connectivity index (χ2v) is 6.15. The first-order valence-corrected chi connectivity index (χ1v) is 7.31. The van der Waals surface area contributed by atoms with Gasteiger partial charge in [0.2, 0.25) is 0 Å². The molecule has 0 aliphatic heterocycles. The van der Waals surface area contributed by atoms with Crippen LogP contribution >= 0.6 is 0 Å². The topological polar surface area (TPSA) is 0 Å². The minimum absolute atomic E-state index is 1.03. The third-order valence-corrected chi connectivity index (χ3v) is 5.07. The molecule has 15 heavy (non-hydrogen) atoms. The van der Waals surface area contributed by atoms with Crippen molar-refractivity contribution in [3.8, 4) is 0 Å². The molecule has 0 aromatic heterocycles. The van der Waals surface area contributed by atoms with Gasteiger partial charge < -0.3 is 0 Å². The molecule has 0 N–H and O–H groups in total. The zero-order valence-corrected chi connectivity index (χ0v) is 10.7. The molecule has 2 fully saturated rings. The molecule has 0 aromatic carbocycles. The van der Waals surface area contributed by atoms with Crippen LogP contribution < -0.4 is 0 Å². The minimum Gasteiger partial charge on any atom is -0.0654 e. The molecule has 2 rings (SSSR count). The summed E-state index contributed by atoms with van der Waals surface area (Å²) in [5.74, 6) is 4.31. The predicted octanol–water partition coefficient (Wildman–Crippen LogP) is 5.03. The van der Waals surface area contributed by atoms with Crippen LogP contribution in [0.1, 0.15) is 71.6 Å². The van der Waals surface area contributed by atoms with Crippen molar-refractivity contribution in [3.05, 3.63) is 0 Å². The minimum atomic E-state index is 1.03. The standard InChI is InChI=1S/C15H28/c1-3-6-13-9-10-14-8-5-4-7-12(2)15(14)11-13/h12-15H,3-11H2,1-2H3. The predicted molar refractivity (Wildman–Crippen MR) is 66.9 cm³/mol. The first kappa shape index (κ1) is 11.5. The van der Waals surface area contributed by atoms with Gasteiger partial charge in [0.15, 0.2) is 0 Å². The third-order valence-electron chi connectivity index (χ3n) is 5.07. The van der Waals surface area contributed by atoms with Crippen LogP contribution in [0.4, 0.5) is 0 Å². The van der Waals surface area contributed by atoms with Crippen molar-refractivity contribution >= 4 is 0 Å². The molecular formula is C15H28. The van der Waals surface area contributed by atoms with Gasteiger partial charge in [-0.1, -0.05) is 58.8 Å². The lowest BCUT2D eigenvalue weighted by Crippen LogP contribution is -2.28. The maximum atomic E-state index is 2.53. The van der Waals surface area contributed by atoms with Crippen molar-refractivity contribution in [2.75, 3.05) is 0 Å². The highest BCUT2D eigenvalue weighted by Crippen LogP contribution is 2.45. The van der Waals surface area contributed by atoms with Gasteiger partial charge in [-0.15, -0.1) is 0 Å². The summed E-state index contributed by atoms with van der Waals surface area (Å²) >= 11 is 0. The van der Waals surface area contributed by atoms with Gasteiger partial charge in [-0.25, -0.2) is 0 Å². The Bertz CT molecular complexity index is 184. The van der Waals surface area contributed by atoms with Crippen molar-refractivity contribution < 1.29 is 0 Å². The lowest BCUT2D eigenvalue weighted by Gasteiger charge is -2.38. The van der Waals surface area contributed by atoms with Crippen molar-refractivity contribution in [1.29, 1.82) is 0 Å². The average Bonchev–Trinajstić information content (AvgIpc) is 2.42. The third kappa shape index (κ3) is 2.77. The quantitative estimate of drug-likeness (QED) is 0.597. The second-order valence-electron chi connectivity index (χ2n) is 6.15. The van der Waals surface area contributed by atoms with Crippen molar-refractivity contribution in [2.45, 2.75) is 71.6 Å². The fourth-order valence-electron chi connectivity index (χ4n) is 4.17. The highest BCUT2D eigenvalue weighted by molar-refractivity contribution is 4.85. The summed E-state index contributed by atoms with van der Waals surface area (Å²) < 4.78 is 0. The van der Waals surface area contributed by atoms with Gasteiger partial charge in [-0.3, -0.25) is 0 Å². The number of rotatable bonds is 2. The molecule has 0 saturated heterocycles. The van der Waals surface area contributed by atoms with Crippen LogP contribution in [0.3, 0.4) is 0 Å². The number of fused-ring (bicyclic) bond motifs is 1. The average molecular weight is 208 g/mol. The fraction of sp³-hybridized carbons (Fsp3) is 1.00. The van der Waals surface area contributed by atoms with Gasteiger partial charge in [0.1, 0.15) is 0 Å². The van der Waals surface area contributed by atoms with Crippen molar-refractivity contribution in [2.24, 2.45) is 23.7 Å². The van der Waals surface area contributed by atoms with E-state index in [1.165, 1.54) is 32.1 Å². The van der Waals surface area contributed by atoms with Crippen LogP contribution in [0.2, 0.25) is 0 Å². The van der Waals surface area contributed by atoms with Crippen molar-refractivity contribution in [3.63, 3.8) is 0 Å². The molecule has 0 heteroatoms. The molecule has 2 saturated carbocycles. The number of hydrogen-bond acceptors (Lipinski definition) is 0.